The zero-order valence-corrected chi connectivity index (χ0v) is 14.2. The highest BCUT2D eigenvalue weighted by Gasteiger charge is 2.19. The maximum atomic E-state index is 13.6. The molecular weight excluding hydrogens is 353 g/mol. The highest BCUT2D eigenvalue weighted by molar-refractivity contribution is 6.30. The summed E-state index contributed by atoms with van der Waals surface area (Å²) in [4.78, 5) is 24.0. The van der Waals surface area contributed by atoms with Gasteiger partial charge in [-0.15, -0.1) is 0 Å². The van der Waals surface area contributed by atoms with Crippen molar-refractivity contribution >= 4 is 29.2 Å². The minimum atomic E-state index is -0.775. The predicted octanol–water partition coefficient (Wildman–Crippen LogP) is 3.29. The summed E-state index contributed by atoms with van der Waals surface area (Å²) in [5.74, 6) is -1.62. The van der Waals surface area contributed by atoms with Crippen molar-refractivity contribution in [1.82, 2.24) is 0 Å². The van der Waals surface area contributed by atoms with Gasteiger partial charge >= 0.3 is 5.97 Å². The number of halogens is 2. The van der Waals surface area contributed by atoms with Gasteiger partial charge in [0.15, 0.2) is 18.1 Å². The molecule has 0 aliphatic rings. The second kappa shape index (κ2) is 8.34. The van der Waals surface area contributed by atoms with E-state index in [0.717, 1.165) is 6.07 Å². The molecule has 0 radical (unpaired) electrons. The van der Waals surface area contributed by atoms with Crippen molar-refractivity contribution in [2.45, 2.75) is 0 Å². The Kier molecular flexibility index (Phi) is 6.19. The van der Waals surface area contributed by atoms with Crippen molar-refractivity contribution in [2.75, 3.05) is 26.1 Å². The molecule has 8 heteroatoms. The van der Waals surface area contributed by atoms with Crippen LogP contribution in [-0.4, -0.2) is 32.7 Å². The quantitative estimate of drug-likeness (QED) is 0.793. The molecule has 6 nitrogen and oxygen atoms in total. The minimum absolute atomic E-state index is 0.0654. The summed E-state index contributed by atoms with van der Waals surface area (Å²) in [6.45, 7) is -0.596. The van der Waals surface area contributed by atoms with Crippen molar-refractivity contribution < 1.29 is 28.2 Å². The van der Waals surface area contributed by atoms with Crippen LogP contribution in [0.4, 0.5) is 10.1 Å². The van der Waals surface area contributed by atoms with Gasteiger partial charge in [0.2, 0.25) is 0 Å². The van der Waals surface area contributed by atoms with Crippen LogP contribution < -0.4 is 14.8 Å². The highest BCUT2D eigenvalue weighted by Crippen LogP contribution is 2.31. The molecule has 2 rings (SSSR count). The van der Waals surface area contributed by atoms with Gasteiger partial charge < -0.3 is 19.5 Å². The Hall–Kier alpha value is -2.80. The monoisotopic (exact) mass is 367 g/mol. The summed E-state index contributed by atoms with van der Waals surface area (Å²) in [6.07, 6.45) is 0. The Bertz CT molecular complexity index is 797. The Morgan fingerprint density at radius 1 is 1.16 bits per heavy atom. The maximum Gasteiger partial charge on any atom is 0.342 e. The summed E-state index contributed by atoms with van der Waals surface area (Å²) in [7, 11) is 2.81. The van der Waals surface area contributed by atoms with Crippen molar-refractivity contribution in [3.05, 3.63) is 52.8 Å². The third-order valence-electron chi connectivity index (χ3n) is 3.16. The van der Waals surface area contributed by atoms with Crippen molar-refractivity contribution in [3.63, 3.8) is 0 Å². The zero-order chi connectivity index (χ0) is 18.4. The minimum Gasteiger partial charge on any atom is -0.493 e. The third kappa shape index (κ3) is 4.60. The van der Waals surface area contributed by atoms with Gasteiger partial charge in [0.25, 0.3) is 5.91 Å². The van der Waals surface area contributed by atoms with E-state index in [-0.39, 0.29) is 22.0 Å². The fourth-order valence-electron chi connectivity index (χ4n) is 2.03. The molecule has 0 heterocycles. The fourth-order valence-corrected chi connectivity index (χ4v) is 2.19. The Balaban J connectivity index is 2.01. The number of anilines is 1. The number of esters is 1. The smallest absolute Gasteiger partial charge is 0.342 e. The average molecular weight is 368 g/mol. The van der Waals surface area contributed by atoms with Gasteiger partial charge in [0, 0.05) is 5.02 Å². The van der Waals surface area contributed by atoms with E-state index in [1.807, 2.05) is 0 Å². The summed E-state index contributed by atoms with van der Waals surface area (Å²) in [5.41, 5.74) is 0.0386. The highest BCUT2D eigenvalue weighted by atomic mass is 35.5. The molecule has 132 valence electrons. The van der Waals surface area contributed by atoms with Crippen LogP contribution in [0.25, 0.3) is 0 Å². The Labute approximate surface area is 148 Å². The normalized spacial score (nSPS) is 10.1. The van der Waals surface area contributed by atoms with E-state index in [2.05, 4.69) is 5.32 Å². The summed E-state index contributed by atoms with van der Waals surface area (Å²) in [5, 5.41) is 2.49. The molecule has 2 aromatic carbocycles. The first kappa shape index (κ1) is 18.5. The summed E-state index contributed by atoms with van der Waals surface area (Å²) in [6, 6.07) is 8.47. The Morgan fingerprint density at radius 3 is 2.56 bits per heavy atom. The van der Waals surface area contributed by atoms with Gasteiger partial charge in [0.05, 0.1) is 19.9 Å². The number of hydrogen-bond acceptors (Lipinski definition) is 5. The van der Waals surface area contributed by atoms with Crippen LogP contribution in [-0.2, 0) is 9.53 Å². The lowest BCUT2D eigenvalue weighted by atomic mass is 10.2. The SMILES string of the molecule is COc1cccc(C(=O)OCC(=O)Nc2ccc(Cl)cc2F)c1OC. The van der Waals surface area contributed by atoms with Crippen LogP contribution in [0.5, 0.6) is 11.5 Å². The summed E-state index contributed by atoms with van der Waals surface area (Å²) >= 11 is 5.63. The molecule has 0 saturated heterocycles. The van der Waals surface area contributed by atoms with E-state index in [9.17, 15) is 14.0 Å². The third-order valence-corrected chi connectivity index (χ3v) is 3.40. The number of amides is 1. The number of benzene rings is 2. The van der Waals surface area contributed by atoms with E-state index >= 15 is 0 Å². The molecule has 25 heavy (non-hydrogen) atoms. The average Bonchev–Trinajstić information content (AvgIpc) is 2.61. The van der Waals surface area contributed by atoms with E-state index in [4.69, 9.17) is 25.8 Å². The number of hydrogen-bond donors (Lipinski definition) is 1. The lowest BCUT2D eigenvalue weighted by Crippen LogP contribution is -2.21. The van der Waals surface area contributed by atoms with Crippen LogP contribution in [0, 0.1) is 5.82 Å². The van der Waals surface area contributed by atoms with E-state index < -0.39 is 24.3 Å². The van der Waals surface area contributed by atoms with Gasteiger partial charge in [-0.25, -0.2) is 9.18 Å². The molecule has 0 fully saturated rings. The predicted molar refractivity (Wildman–Crippen MR) is 89.9 cm³/mol. The molecular formula is C17H15ClFNO5. The van der Waals surface area contributed by atoms with Crippen LogP contribution in [0.3, 0.4) is 0 Å². The van der Waals surface area contributed by atoms with Gasteiger partial charge in [-0.3, -0.25) is 4.79 Å². The van der Waals surface area contributed by atoms with Gasteiger partial charge in [0.1, 0.15) is 11.4 Å². The van der Waals surface area contributed by atoms with Crippen LogP contribution in [0.1, 0.15) is 10.4 Å². The number of nitrogens with one attached hydrogen (secondary N) is 1. The second-order valence-corrected chi connectivity index (χ2v) is 5.23. The molecule has 0 saturated carbocycles. The first-order valence-electron chi connectivity index (χ1n) is 7.09. The first-order valence-corrected chi connectivity index (χ1v) is 7.47. The number of methoxy groups -OCH3 is 2. The molecule has 0 aliphatic carbocycles. The maximum absolute atomic E-state index is 13.6. The van der Waals surface area contributed by atoms with Gasteiger partial charge in [-0.05, 0) is 30.3 Å². The largest absolute Gasteiger partial charge is 0.493 e. The first-order chi connectivity index (χ1) is 12.0. The number of carbonyl (C=O) groups is 2. The van der Waals surface area contributed by atoms with Gasteiger partial charge in [-0.1, -0.05) is 17.7 Å². The zero-order valence-electron chi connectivity index (χ0n) is 13.5. The van der Waals surface area contributed by atoms with Crippen LogP contribution >= 0.6 is 11.6 Å². The molecule has 0 aliphatic heterocycles. The van der Waals surface area contributed by atoms with Crippen molar-refractivity contribution in [1.29, 1.82) is 0 Å². The number of ether oxygens (including phenoxy) is 3. The molecule has 0 unspecified atom stereocenters. The lowest BCUT2D eigenvalue weighted by Gasteiger charge is -2.12. The van der Waals surface area contributed by atoms with Crippen LogP contribution in [0.2, 0.25) is 5.02 Å². The topological polar surface area (TPSA) is 73.9 Å². The van der Waals surface area contributed by atoms with E-state index in [1.165, 1.54) is 32.4 Å². The molecule has 0 bridgehead atoms. The molecule has 0 atom stereocenters. The van der Waals surface area contributed by atoms with Crippen LogP contribution in [0.15, 0.2) is 36.4 Å². The molecule has 0 spiro atoms. The summed E-state index contributed by atoms with van der Waals surface area (Å²) < 4.78 is 28.8. The number of rotatable bonds is 6. The van der Waals surface area contributed by atoms with Gasteiger partial charge in [-0.2, -0.15) is 0 Å². The standard InChI is InChI=1S/C17H15ClFNO5/c1-23-14-5-3-4-11(16(14)24-2)17(22)25-9-15(21)20-13-7-6-10(18)8-12(13)19/h3-8H,9H2,1-2H3,(H,20,21). The molecule has 1 amide bonds. The van der Waals surface area contributed by atoms with E-state index in [0.29, 0.717) is 5.75 Å². The second-order valence-electron chi connectivity index (χ2n) is 4.79. The number of carbonyl (C=O) groups excluding carboxylic acids is 2. The van der Waals surface area contributed by atoms with Crippen molar-refractivity contribution in [3.8, 4) is 11.5 Å². The van der Waals surface area contributed by atoms with E-state index in [1.54, 1.807) is 12.1 Å². The number of para-hydroxylation sites is 1. The lowest BCUT2D eigenvalue weighted by molar-refractivity contribution is -0.119. The van der Waals surface area contributed by atoms with Crippen molar-refractivity contribution in [2.24, 2.45) is 0 Å². The molecule has 0 aromatic heterocycles. The molecule has 1 N–H and O–H groups in total. The molecule has 2 aromatic rings. The Morgan fingerprint density at radius 2 is 1.92 bits per heavy atom. The fraction of sp³-hybridized carbons (Fsp3) is 0.176.